The summed E-state index contributed by atoms with van der Waals surface area (Å²) in [7, 11) is 0. The van der Waals surface area contributed by atoms with Gasteiger partial charge < -0.3 is 5.32 Å². The first-order valence-electron chi connectivity index (χ1n) is 8.81. The predicted molar refractivity (Wildman–Crippen MR) is 103 cm³/mol. The fraction of sp³-hybridized carbons (Fsp3) is 0.300. The maximum Gasteiger partial charge on any atom is 0.417 e. The lowest BCUT2D eigenvalue weighted by atomic mass is 10.0. The molecule has 0 spiro atoms. The summed E-state index contributed by atoms with van der Waals surface area (Å²) in [5.74, 6) is -0.372. The van der Waals surface area contributed by atoms with E-state index in [0.717, 1.165) is 22.2 Å². The van der Waals surface area contributed by atoms with Gasteiger partial charge in [0.1, 0.15) is 5.69 Å². The van der Waals surface area contributed by atoms with Crippen molar-refractivity contribution >= 4 is 28.8 Å². The molecule has 2 heterocycles. The number of benzene rings is 1. The minimum Gasteiger partial charge on any atom is -0.320 e. The van der Waals surface area contributed by atoms with Gasteiger partial charge in [0.2, 0.25) is 0 Å². The molecular formula is C20H19ClF3N3O. The second-order valence-electron chi connectivity index (χ2n) is 6.72. The van der Waals surface area contributed by atoms with Crippen LogP contribution in [0, 0.1) is 0 Å². The second kappa shape index (κ2) is 7.47. The van der Waals surface area contributed by atoms with E-state index >= 15 is 0 Å². The summed E-state index contributed by atoms with van der Waals surface area (Å²) in [4.78, 5) is 17.3. The van der Waals surface area contributed by atoms with Crippen molar-refractivity contribution in [2.24, 2.45) is 0 Å². The number of fused-ring (bicyclic) bond motifs is 1. The van der Waals surface area contributed by atoms with Crippen molar-refractivity contribution < 1.29 is 18.0 Å². The molecule has 0 aliphatic heterocycles. The number of carbonyl (C=O) groups excluding carboxylic acids is 1. The molecule has 1 N–H and O–H groups in total. The summed E-state index contributed by atoms with van der Waals surface area (Å²) in [6.45, 7) is 5.76. The molecule has 0 atom stereocenters. The Balaban J connectivity index is 2.14. The number of nitrogens with one attached hydrogen (secondary N) is 1. The lowest BCUT2D eigenvalue weighted by Crippen LogP contribution is -2.18. The standard InChI is InChI=1S/C20H19ClF3N3O/c1-4-15-17(19(28)26-16-8-6-5-7-13(16)11(2)3)27-10-12(20(22,23)24)9-14(21)18(27)25-15/h5-11H,4H2,1-3H3,(H,26,28). The van der Waals surface area contributed by atoms with Crippen molar-refractivity contribution in [2.45, 2.75) is 39.3 Å². The molecule has 1 amide bonds. The van der Waals surface area contributed by atoms with Gasteiger partial charge in [-0.25, -0.2) is 4.98 Å². The number of hydrogen-bond acceptors (Lipinski definition) is 2. The zero-order chi connectivity index (χ0) is 20.6. The van der Waals surface area contributed by atoms with E-state index in [4.69, 9.17) is 11.6 Å². The number of amides is 1. The number of alkyl halides is 3. The summed E-state index contributed by atoms with van der Waals surface area (Å²) in [5, 5.41) is 2.65. The molecule has 0 saturated heterocycles. The molecule has 0 bridgehead atoms. The number of carbonyl (C=O) groups is 1. The Hall–Kier alpha value is -2.54. The highest BCUT2D eigenvalue weighted by atomic mass is 35.5. The Morgan fingerprint density at radius 2 is 1.96 bits per heavy atom. The maximum atomic E-state index is 13.2. The van der Waals surface area contributed by atoms with Crippen LogP contribution in [0.4, 0.5) is 18.9 Å². The number of pyridine rings is 1. The van der Waals surface area contributed by atoms with Crippen LogP contribution in [0.5, 0.6) is 0 Å². The summed E-state index contributed by atoms with van der Waals surface area (Å²) in [6.07, 6.45) is -3.36. The summed E-state index contributed by atoms with van der Waals surface area (Å²) >= 11 is 6.03. The summed E-state index contributed by atoms with van der Waals surface area (Å²) in [6, 6.07) is 8.13. The SMILES string of the molecule is CCc1nc2c(Cl)cc(C(F)(F)F)cn2c1C(=O)Nc1ccccc1C(C)C. The van der Waals surface area contributed by atoms with Crippen LogP contribution in [0.25, 0.3) is 5.65 Å². The second-order valence-corrected chi connectivity index (χ2v) is 7.13. The maximum absolute atomic E-state index is 13.2. The van der Waals surface area contributed by atoms with Crippen molar-refractivity contribution in [3.05, 3.63) is 64.1 Å². The molecule has 0 unspecified atom stereocenters. The Labute approximate surface area is 165 Å². The normalized spacial score (nSPS) is 12.0. The molecule has 1 aromatic carbocycles. The van der Waals surface area contributed by atoms with Crippen LogP contribution in [0.3, 0.4) is 0 Å². The zero-order valence-electron chi connectivity index (χ0n) is 15.6. The predicted octanol–water partition coefficient (Wildman–Crippen LogP) is 5.94. The molecule has 0 aliphatic carbocycles. The van der Waals surface area contributed by atoms with Gasteiger partial charge in [-0.1, -0.05) is 50.6 Å². The molecule has 2 aromatic heterocycles. The van der Waals surface area contributed by atoms with Gasteiger partial charge in [0, 0.05) is 11.9 Å². The summed E-state index contributed by atoms with van der Waals surface area (Å²) < 4.78 is 40.8. The van der Waals surface area contributed by atoms with Crippen LogP contribution in [-0.4, -0.2) is 15.3 Å². The smallest absolute Gasteiger partial charge is 0.320 e. The largest absolute Gasteiger partial charge is 0.417 e. The monoisotopic (exact) mass is 409 g/mol. The Bertz CT molecular complexity index is 1040. The van der Waals surface area contributed by atoms with Gasteiger partial charge in [0.05, 0.1) is 16.3 Å². The van der Waals surface area contributed by atoms with E-state index in [1.165, 1.54) is 0 Å². The van der Waals surface area contributed by atoms with E-state index in [0.29, 0.717) is 17.8 Å². The lowest BCUT2D eigenvalue weighted by Gasteiger charge is -2.14. The van der Waals surface area contributed by atoms with E-state index < -0.39 is 17.6 Å². The summed E-state index contributed by atoms with van der Waals surface area (Å²) in [5.41, 5.74) is 1.13. The Morgan fingerprint density at radius 3 is 2.57 bits per heavy atom. The molecule has 3 aromatic rings. The number of halogens is 4. The van der Waals surface area contributed by atoms with Crippen molar-refractivity contribution in [1.82, 2.24) is 9.38 Å². The first-order valence-corrected chi connectivity index (χ1v) is 9.19. The zero-order valence-corrected chi connectivity index (χ0v) is 16.3. The lowest BCUT2D eigenvalue weighted by molar-refractivity contribution is -0.137. The Kier molecular flexibility index (Phi) is 5.39. The van der Waals surface area contributed by atoms with Gasteiger partial charge in [-0.15, -0.1) is 0 Å². The molecule has 3 rings (SSSR count). The van der Waals surface area contributed by atoms with Gasteiger partial charge in [0.25, 0.3) is 5.91 Å². The molecular weight excluding hydrogens is 391 g/mol. The molecule has 8 heteroatoms. The van der Waals surface area contributed by atoms with Crippen LogP contribution in [0.15, 0.2) is 36.5 Å². The minimum atomic E-state index is -4.59. The third-order valence-electron chi connectivity index (χ3n) is 4.46. The number of aromatic nitrogens is 2. The average molecular weight is 410 g/mol. The van der Waals surface area contributed by atoms with Crippen molar-refractivity contribution in [3.63, 3.8) is 0 Å². The number of anilines is 1. The topological polar surface area (TPSA) is 46.4 Å². The van der Waals surface area contributed by atoms with Gasteiger partial charge in [-0.3, -0.25) is 9.20 Å². The van der Waals surface area contributed by atoms with E-state index in [-0.39, 0.29) is 22.3 Å². The van der Waals surface area contributed by atoms with Crippen LogP contribution < -0.4 is 5.32 Å². The van der Waals surface area contributed by atoms with E-state index in [9.17, 15) is 18.0 Å². The fourth-order valence-electron chi connectivity index (χ4n) is 3.09. The average Bonchev–Trinajstić information content (AvgIpc) is 3.00. The van der Waals surface area contributed by atoms with Crippen molar-refractivity contribution in [3.8, 4) is 0 Å². The van der Waals surface area contributed by atoms with Crippen molar-refractivity contribution in [1.29, 1.82) is 0 Å². The number of para-hydroxylation sites is 1. The van der Waals surface area contributed by atoms with Gasteiger partial charge >= 0.3 is 6.18 Å². The molecule has 148 valence electrons. The third kappa shape index (κ3) is 3.71. The highest BCUT2D eigenvalue weighted by Crippen LogP contribution is 2.33. The molecule has 4 nitrogen and oxygen atoms in total. The molecule has 0 aliphatic rings. The van der Waals surface area contributed by atoms with Crippen LogP contribution >= 0.6 is 11.6 Å². The molecule has 28 heavy (non-hydrogen) atoms. The number of aryl methyl sites for hydroxylation is 1. The van der Waals surface area contributed by atoms with Gasteiger partial charge in [-0.2, -0.15) is 13.2 Å². The van der Waals surface area contributed by atoms with Gasteiger partial charge in [0.15, 0.2) is 5.65 Å². The van der Waals surface area contributed by atoms with E-state index in [1.54, 1.807) is 19.1 Å². The number of imidazole rings is 1. The van der Waals surface area contributed by atoms with Gasteiger partial charge in [-0.05, 0) is 30.0 Å². The highest BCUT2D eigenvalue weighted by molar-refractivity contribution is 6.33. The minimum absolute atomic E-state index is 0.0454. The Morgan fingerprint density at radius 1 is 1.29 bits per heavy atom. The molecule has 0 radical (unpaired) electrons. The van der Waals surface area contributed by atoms with Crippen molar-refractivity contribution in [2.75, 3.05) is 5.32 Å². The quantitative estimate of drug-likeness (QED) is 0.579. The van der Waals surface area contributed by atoms with Crippen LogP contribution in [0.2, 0.25) is 5.02 Å². The van der Waals surface area contributed by atoms with Crippen LogP contribution in [-0.2, 0) is 12.6 Å². The molecule has 0 fully saturated rings. The van der Waals surface area contributed by atoms with E-state index in [1.807, 2.05) is 26.0 Å². The number of hydrogen-bond donors (Lipinski definition) is 1. The fourth-order valence-corrected chi connectivity index (χ4v) is 3.34. The number of rotatable bonds is 4. The number of nitrogens with zero attached hydrogens (tertiary/aromatic N) is 2. The first kappa shape index (κ1) is 20.2. The first-order chi connectivity index (χ1) is 13.1. The van der Waals surface area contributed by atoms with E-state index in [2.05, 4.69) is 10.3 Å². The molecule has 0 saturated carbocycles. The third-order valence-corrected chi connectivity index (χ3v) is 4.73. The highest BCUT2D eigenvalue weighted by Gasteiger charge is 2.33. The van der Waals surface area contributed by atoms with Crippen LogP contribution in [0.1, 0.15) is 54.0 Å².